The van der Waals surface area contributed by atoms with Crippen molar-refractivity contribution in [3.63, 3.8) is 0 Å². The number of halogens is 1. The van der Waals surface area contributed by atoms with Gasteiger partial charge in [-0.25, -0.2) is 0 Å². The first-order valence-electron chi connectivity index (χ1n) is 7.83. The highest BCUT2D eigenvalue weighted by Gasteiger charge is 2.44. The summed E-state index contributed by atoms with van der Waals surface area (Å²) in [4.78, 5) is 12.2. The second-order valence-electron chi connectivity index (χ2n) is 6.09. The number of amides is 1. The van der Waals surface area contributed by atoms with Crippen LogP contribution in [0.15, 0.2) is 48.5 Å². The molecule has 0 aliphatic heterocycles. The fraction of sp³-hybridized carbons (Fsp3) is 0.316. The smallest absolute Gasteiger partial charge is 0.223 e. The molecule has 2 unspecified atom stereocenters. The minimum Gasteiger partial charge on any atom is -0.399 e. The van der Waals surface area contributed by atoms with Crippen molar-refractivity contribution in [3.8, 4) is 0 Å². The number of nitrogen functional groups attached to an aromatic ring is 1. The highest BCUT2D eigenvalue weighted by molar-refractivity contribution is 5.85. The predicted molar refractivity (Wildman–Crippen MR) is 96.8 cm³/mol. The first kappa shape index (κ1) is 17.4. The summed E-state index contributed by atoms with van der Waals surface area (Å²) in [5.74, 6) is 0.730. The largest absolute Gasteiger partial charge is 0.399 e. The van der Waals surface area contributed by atoms with Gasteiger partial charge in [-0.2, -0.15) is 0 Å². The second-order valence-corrected chi connectivity index (χ2v) is 6.09. The molecule has 1 saturated carbocycles. The van der Waals surface area contributed by atoms with Crippen LogP contribution in [0.1, 0.15) is 29.0 Å². The Morgan fingerprint density at radius 2 is 1.87 bits per heavy atom. The van der Waals surface area contributed by atoms with Crippen molar-refractivity contribution in [2.75, 3.05) is 12.3 Å². The minimum absolute atomic E-state index is 0. The average molecular weight is 331 g/mol. The zero-order chi connectivity index (χ0) is 15.5. The van der Waals surface area contributed by atoms with E-state index >= 15 is 0 Å². The molecule has 0 saturated heterocycles. The summed E-state index contributed by atoms with van der Waals surface area (Å²) in [5.41, 5.74) is 10.2. The molecule has 23 heavy (non-hydrogen) atoms. The van der Waals surface area contributed by atoms with E-state index in [0.29, 0.717) is 12.5 Å². The maximum atomic E-state index is 12.2. The molecule has 0 heterocycles. The molecule has 4 heteroatoms. The van der Waals surface area contributed by atoms with Crippen LogP contribution in [0.25, 0.3) is 0 Å². The van der Waals surface area contributed by atoms with Crippen LogP contribution < -0.4 is 11.1 Å². The third kappa shape index (κ3) is 4.26. The Labute approximate surface area is 143 Å². The van der Waals surface area contributed by atoms with Gasteiger partial charge in [0.1, 0.15) is 0 Å². The van der Waals surface area contributed by atoms with Crippen molar-refractivity contribution >= 4 is 24.0 Å². The van der Waals surface area contributed by atoms with E-state index in [-0.39, 0.29) is 24.2 Å². The summed E-state index contributed by atoms with van der Waals surface area (Å²) in [5, 5.41) is 3.06. The molecule has 0 bridgehead atoms. The molecule has 0 radical (unpaired) electrons. The van der Waals surface area contributed by atoms with Crippen LogP contribution >= 0.6 is 12.4 Å². The number of anilines is 1. The number of hydrogen-bond acceptors (Lipinski definition) is 2. The summed E-state index contributed by atoms with van der Waals surface area (Å²) >= 11 is 0. The van der Waals surface area contributed by atoms with Gasteiger partial charge in [0.2, 0.25) is 5.91 Å². The van der Waals surface area contributed by atoms with E-state index in [0.717, 1.165) is 18.5 Å². The molecule has 1 amide bonds. The number of hydrogen-bond donors (Lipinski definition) is 2. The fourth-order valence-corrected chi connectivity index (χ4v) is 2.98. The summed E-state index contributed by atoms with van der Waals surface area (Å²) in [7, 11) is 0. The van der Waals surface area contributed by atoms with Crippen LogP contribution in [0, 0.1) is 12.8 Å². The molecule has 3 nitrogen and oxygen atoms in total. The lowest BCUT2D eigenvalue weighted by Gasteiger charge is -2.07. The maximum absolute atomic E-state index is 12.2. The summed E-state index contributed by atoms with van der Waals surface area (Å²) in [6.07, 6.45) is 1.81. The van der Waals surface area contributed by atoms with E-state index in [1.807, 2.05) is 30.3 Å². The maximum Gasteiger partial charge on any atom is 0.223 e. The van der Waals surface area contributed by atoms with Crippen LogP contribution in [0.4, 0.5) is 5.69 Å². The Kier molecular flexibility index (Phi) is 5.67. The van der Waals surface area contributed by atoms with Gasteiger partial charge in [0.15, 0.2) is 0 Å². The van der Waals surface area contributed by atoms with Gasteiger partial charge in [-0.1, -0.05) is 36.4 Å². The molecular formula is C19H23ClN2O. The summed E-state index contributed by atoms with van der Waals surface area (Å²) < 4.78 is 0. The van der Waals surface area contributed by atoms with Gasteiger partial charge in [0.25, 0.3) is 0 Å². The normalized spacial score (nSPS) is 18.8. The minimum atomic E-state index is 0. The Balaban J connectivity index is 0.00000192. The quantitative estimate of drug-likeness (QED) is 0.825. The molecule has 0 spiro atoms. The third-order valence-corrected chi connectivity index (χ3v) is 4.41. The SMILES string of the molecule is Cc1ccccc1C1CC1C(=O)NCCc1ccc(N)cc1.Cl. The van der Waals surface area contributed by atoms with E-state index in [9.17, 15) is 4.79 Å². The molecule has 1 aliphatic carbocycles. The van der Waals surface area contributed by atoms with Crippen LogP contribution in [0.5, 0.6) is 0 Å². The second kappa shape index (κ2) is 7.51. The predicted octanol–water partition coefficient (Wildman–Crippen LogP) is 3.46. The van der Waals surface area contributed by atoms with Crippen LogP contribution in [0.2, 0.25) is 0 Å². The number of nitrogens with two attached hydrogens (primary N) is 1. The van der Waals surface area contributed by atoms with Crippen LogP contribution in [-0.2, 0) is 11.2 Å². The Hall–Kier alpha value is -2.00. The number of rotatable bonds is 5. The lowest BCUT2D eigenvalue weighted by Crippen LogP contribution is -2.27. The van der Waals surface area contributed by atoms with Crippen molar-refractivity contribution < 1.29 is 4.79 Å². The molecule has 122 valence electrons. The number of carbonyl (C=O) groups is 1. The van der Waals surface area contributed by atoms with Crippen molar-refractivity contribution in [2.24, 2.45) is 5.92 Å². The molecule has 3 N–H and O–H groups in total. The molecule has 1 fully saturated rings. The van der Waals surface area contributed by atoms with Gasteiger partial charge in [-0.05, 0) is 54.5 Å². The van der Waals surface area contributed by atoms with Gasteiger partial charge in [-0.15, -0.1) is 12.4 Å². The van der Waals surface area contributed by atoms with E-state index in [1.54, 1.807) is 0 Å². The van der Waals surface area contributed by atoms with E-state index in [4.69, 9.17) is 5.73 Å². The monoisotopic (exact) mass is 330 g/mol. The molecular weight excluding hydrogens is 308 g/mol. The first-order chi connectivity index (χ1) is 10.6. The molecule has 2 aromatic carbocycles. The van der Waals surface area contributed by atoms with Crippen molar-refractivity contribution in [2.45, 2.75) is 25.7 Å². The number of aryl methyl sites for hydroxylation is 1. The standard InChI is InChI=1S/C19H22N2O.ClH/c1-13-4-2-3-5-16(13)17-12-18(17)19(22)21-11-10-14-6-8-15(20)9-7-14;/h2-9,17-18H,10-12,20H2,1H3,(H,21,22);1H. The lowest BCUT2D eigenvalue weighted by molar-refractivity contribution is -0.122. The Morgan fingerprint density at radius 1 is 1.17 bits per heavy atom. The van der Waals surface area contributed by atoms with Gasteiger partial charge >= 0.3 is 0 Å². The Morgan fingerprint density at radius 3 is 2.57 bits per heavy atom. The molecule has 3 rings (SSSR count). The summed E-state index contributed by atoms with van der Waals surface area (Å²) in [6.45, 7) is 2.80. The van der Waals surface area contributed by atoms with Gasteiger partial charge in [-0.3, -0.25) is 4.79 Å². The van der Waals surface area contributed by atoms with Crippen LogP contribution in [0.3, 0.4) is 0 Å². The molecule has 0 aromatic heterocycles. The van der Waals surface area contributed by atoms with Gasteiger partial charge in [0.05, 0.1) is 0 Å². The number of benzene rings is 2. The topological polar surface area (TPSA) is 55.1 Å². The lowest BCUT2D eigenvalue weighted by atomic mass is 10.0. The van der Waals surface area contributed by atoms with E-state index in [1.165, 1.54) is 16.7 Å². The van der Waals surface area contributed by atoms with Gasteiger partial charge in [0, 0.05) is 18.2 Å². The highest BCUT2D eigenvalue weighted by atomic mass is 35.5. The third-order valence-electron chi connectivity index (χ3n) is 4.41. The van der Waals surface area contributed by atoms with E-state index < -0.39 is 0 Å². The first-order valence-corrected chi connectivity index (χ1v) is 7.83. The molecule has 2 atom stereocenters. The van der Waals surface area contributed by atoms with Crippen molar-refractivity contribution in [3.05, 3.63) is 65.2 Å². The van der Waals surface area contributed by atoms with E-state index in [2.05, 4.69) is 30.4 Å². The molecule has 2 aromatic rings. The zero-order valence-corrected chi connectivity index (χ0v) is 14.1. The fourth-order valence-electron chi connectivity index (χ4n) is 2.98. The van der Waals surface area contributed by atoms with Crippen molar-refractivity contribution in [1.29, 1.82) is 0 Å². The molecule has 1 aliphatic rings. The zero-order valence-electron chi connectivity index (χ0n) is 13.3. The highest BCUT2D eigenvalue weighted by Crippen LogP contribution is 2.48. The Bertz CT molecular complexity index is 669. The van der Waals surface area contributed by atoms with Gasteiger partial charge < -0.3 is 11.1 Å². The number of nitrogens with one attached hydrogen (secondary N) is 1. The van der Waals surface area contributed by atoms with Crippen molar-refractivity contribution in [1.82, 2.24) is 5.32 Å². The number of carbonyl (C=O) groups excluding carboxylic acids is 1. The van der Waals surface area contributed by atoms with Crippen LogP contribution in [-0.4, -0.2) is 12.5 Å². The summed E-state index contributed by atoms with van der Waals surface area (Å²) in [6, 6.07) is 16.2. The average Bonchev–Trinajstić information content (AvgIpc) is 3.30.